The van der Waals surface area contributed by atoms with E-state index >= 15 is 0 Å². The van der Waals surface area contributed by atoms with Gasteiger partial charge in [-0.05, 0) is 49.8 Å². The van der Waals surface area contributed by atoms with Crippen molar-refractivity contribution in [3.8, 4) is 5.75 Å². The van der Waals surface area contributed by atoms with Crippen LogP contribution in [0.25, 0.3) is 0 Å². The molecule has 2 heteroatoms. The van der Waals surface area contributed by atoms with E-state index in [-0.39, 0.29) is 0 Å². The lowest BCUT2D eigenvalue weighted by Crippen LogP contribution is -2.25. The van der Waals surface area contributed by atoms with Crippen LogP contribution < -0.4 is 4.74 Å². The summed E-state index contributed by atoms with van der Waals surface area (Å²) in [6.07, 6.45) is 6.25. The van der Waals surface area contributed by atoms with Gasteiger partial charge in [0.05, 0.1) is 12.2 Å². The Hall–Kier alpha value is -1.02. The predicted molar refractivity (Wildman–Crippen MR) is 73.7 cm³/mol. The highest BCUT2D eigenvalue weighted by Gasteiger charge is 2.21. The molecular weight excluding hydrogens is 224 g/mol. The van der Waals surface area contributed by atoms with E-state index in [0.717, 1.165) is 17.2 Å². The van der Waals surface area contributed by atoms with Crippen LogP contribution in [0.5, 0.6) is 5.75 Å². The molecule has 0 bridgehead atoms. The van der Waals surface area contributed by atoms with Crippen molar-refractivity contribution in [2.45, 2.75) is 58.2 Å². The topological polar surface area (TPSA) is 29.5 Å². The highest BCUT2D eigenvalue weighted by atomic mass is 16.5. The van der Waals surface area contributed by atoms with Crippen molar-refractivity contribution in [2.75, 3.05) is 0 Å². The fraction of sp³-hybridized carbons (Fsp3) is 0.625. The average molecular weight is 248 g/mol. The second kappa shape index (κ2) is 6.24. The van der Waals surface area contributed by atoms with Gasteiger partial charge in [-0.1, -0.05) is 31.9 Å². The molecule has 1 aromatic carbocycles. The number of hydrogen-bond donors (Lipinski definition) is 1. The van der Waals surface area contributed by atoms with Crippen molar-refractivity contribution < 1.29 is 9.84 Å². The van der Waals surface area contributed by atoms with Crippen molar-refractivity contribution in [1.82, 2.24) is 0 Å². The van der Waals surface area contributed by atoms with Crippen molar-refractivity contribution >= 4 is 0 Å². The van der Waals surface area contributed by atoms with Crippen LogP contribution in [-0.2, 0) is 0 Å². The van der Waals surface area contributed by atoms with Crippen LogP contribution in [0.4, 0.5) is 0 Å². The third-order valence-electron chi connectivity index (χ3n) is 3.98. The van der Waals surface area contributed by atoms with E-state index in [1.165, 1.54) is 32.1 Å². The maximum absolute atomic E-state index is 9.46. The molecule has 2 nitrogen and oxygen atoms in total. The summed E-state index contributed by atoms with van der Waals surface area (Å²) in [7, 11) is 0. The molecule has 2 unspecified atom stereocenters. The normalized spacial score (nSPS) is 25.7. The molecule has 1 N–H and O–H groups in total. The first-order valence-corrected chi connectivity index (χ1v) is 7.13. The van der Waals surface area contributed by atoms with Gasteiger partial charge in [0.1, 0.15) is 5.75 Å². The summed E-state index contributed by atoms with van der Waals surface area (Å²) < 4.78 is 6.04. The van der Waals surface area contributed by atoms with Crippen LogP contribution in [0, 0.1) is 5.92 Å². The molecule has 3 atom stereocenters. The van der Waals surface area contributed by atoms with Gasteiger partial charge < -0.3 is 9.84 Å². The number of hydrogen-bond acceptors (Lipinski definition) is 2. The fourth-order valence-corrected chi connectivity index (χ4v) is 2.74. The van der Waals surface area contributed by atoms with Crippen LogP contribution >= 0.6 is 0 Å². The summed E-state index contributed by atoms with van der Waals surface area (Å²) >= 11 is 0. The highest BCUT2D eigenvalue weighted by Crippen LogP contribution is 2.29. The second-order valence-corrected chi connectivity index (χ2v) is 5.43. The quantitative estimate of drug-likeness (QED) is 0.869. The maximum atomic E-state index is 9.46. The van der Waals surface area contributed by atoms with E-state index in [1.54, 1.807) is 6.92 Å². The highest BCUT2D eigenvalue weighted by molar-refractivity contribution is 5.28. The smallest absolute Gasteiger partial charge is 0.119 e. The lowest BCUT2D eigenvalue weighted by atomic mass is 9.85. The molecule has 100 valence electrons. The molecule has 2 rings (SSSR count). The predicted octanol–water partition coefficient (Wildman–Crippen LogP) is 4.09. The van der Waals surface area contributed by atoms with Gasteiger partial charge in [0.15, 0.2) is 0 Å². The van der Waals surface area contributed by atoms with Gasteiger partial charge >= 0.3 is 0 Å². The molecule has 1 aromatic rings. The molecule has 0 heterocycles. The maximum Gasteiger partial charge on any atom is 0.119 e. The van der Waals surface area contributed by atoms with Crippen molar-refractivity contribution in [3.05, 3.63) is 29.8 Å². The molecular formula is C16H24O2. The van der Waals surface area contributed by atoms with Gasteiger partial charge in [0, 0.05) is 0 Å². The standard InChI is InChI=1S/C16H24O2/c1-3-13-5-4-6-16(11-13)18-15-9-7-14(8-10-15)12(2)17/h7-10,12-13,16-17H,3-6,11H2,1-2H3/t12-,13?,16?/m0/s1. The Balaban J connectivity index is 1.92. The van der Waals surface area contributed by atoms with Crippen molar-refractivity contribution in [3.63, 3.8) is 0 Å². The van der Waals surface area contributed by atoms with Crippen LogP contribution in [0.15, 0.2) is 24.3 Å². The van der Waals surface area contributed by atoms with E-state index < -0.39 is 6.10 Å². The molecule has 0 radical (unpaired) electrons. The van der Waals surface area contributed by atoms with E-state index in [9.17, 15) is 5.11 Å². The van der Waals surface area contributed by atoms with Crippen molar-refractivity contribution in [1.29, 1.82) is 0 Å². The third kappa shape index (κ3) is 3.49. The van der Waals surface area contributed by atoms with E-state index in [0.29, 0.717) is 6.10 Å². The Morgan fingerprint density at radius 1 is 1.28 bits per heavy atom. The Morgan fingerprint density at radius 2 is 2.00 bits per heavy atom. The minimum absolute atomic E-state index is 0.376. The van der Waals surface area contributed by atoms with E-state index in [4.69, 9.17) is 4.74 Å². The number of rotatable bonds is 4. The van der Waals surface area contributed by atoms with Gasteiger partial charge in [-0.3, -0.25) is 0 Å². The molecule has 1 saturated carbocycles. The molecule has 1 fully saturated rings. The SMILES string of the molecule is CCC1CCCC(Oc2ccc([C@H](C)O)cc2)C1. The minimum Gasteiger partial charge on any atom is -0.490 e. The monoisotopic (exact) mass is 248 g/mol. The van der Waals surface area contributed by atoms with Crippen LogP contribution in [0.1, 0.15) is 57.6 Å². The largest absolute Gasteiger partial charge is 0.490 e. The van der Waals surface area contributed by atoms with Crippen LogP contribution in [-0.4, -0.2) is 11.2 Å². The molecule has 18 heavy (non-hydrogen) atoms. The van der Waals surface area contributed by atoms with E-state index in [1.807, 2.05) is 24.3 Å². The first kappa shape index (κ1) is 13.4. The molecule has 0 aliphatic heterocycles. The number of aliphatic hydroxyl groups excluding tert-OH is 1. The summed E-state index contributed by atoms with van der Waals surface area (Å²) in [5.74, 6) is 1.77. The summed E-state index contributed by atoms with van der Waals surface area (Å²) in [4.78, 5) is 0. The molecule has 0 spiro atoms. The van der Waals surface area contributed by atoms with E-state index in [2.05, 4.69) is 6.92 Å². The number of benzene rings is 1. The Kier molecular flexibility index (Phi) is 4.65. The van der Waals surface area contributed by atoms with Crippen molar-refractivity contribution in [2.24, 2.45) is 5.92 Å². The molecule has 1 aliphatic rings. The zero-order chi connectivity index (χ0) is 13.0. The van der Waals surface area contributed by atoms with Crippen LogP contribution in [0.3, 0.4) is 0 Å². The lowest BCUT2D eigenvalue weighted by molar-refractivity contribution is 0.122. The first-order valence-electron chi connectivity index (χ1n) is 7.13. The fourth-order valence-electron chi connectivity index (χ4n) is 2.74. The van der Waals surface area contributed by atoms with Gasteiger partial charge in [0.25, 0.3) is 0 Å². The molecule has 0 aromatic heterocycles. The number of ether oxygens (including phenoxy) is 1. The molecule has 1 aliphatic carbocycles. The minimum atomic E-state index is -0.404. The summed E-state index contributed by atoms with van der Waals surface area (Å²) in [6.45, 7) is 4.05. The lowest BCUT2D eigenvalue weighted by Gasteiger charge is -2.29. The zero-order valence-electron chi connectivity index (χ0n) is 11.4. The van der Waals surface area contributed by atoms with Crippen LogP contribution in [0.2, 0.25) is 0 Å². The summed E-state index contributed by atoms with van der Waals surface area (Å²) in [6, 6.07) is 7.83. The average Bonchev–Trinajstić information content (AvgIpc) is 2.39. The second-order valence-electron chi connectivity index (χ2n) is 5.43. The Bertz CT molecular complexity index is 356. The van der Waals surface area contributed by atoms with Gasteiger partial charge in [-0.15, -0.1) is 0 Å². The summed E-state index contributed by atoms with van der Waals surface area (Å²) in [5.41, 5.74) is 0.942. The molecule has 0 saturated heterocycles. The summed E-state index contributed by atoms with van der Waals surface area (Å²) in [5, 5.41) is 9.46. The third-order valence-corrected chi connectivity index (χ3v) is 3.98. The van der Waals surface area contributed by atoms with Gasteiger partial charge in [-0.25, -0.2) is 0 Å². The number of aliphatic hydroxyl groups is 1. The first-order chi connectivity index (χ1) is 8.69. The van der Waals surface area contributed by atoms with Gasteiger partial charge in [-0.2, -0.15) is 0 Å². The zero-order valence-corrected chi connectivity index (χ0v) is 11.4. The molecule has 0 amide bonds. The van der Waals surface area contributed by atoms with Gasteiger partial charge in [0.2, 0.25) is 0 Å². The Labute approximate surface area is 110 Å². The Morgan fingerprint density at radius 3 is 2.61 bits per heavy atom.